The maximum absolute atomic E-state index is 12.2. The van der Waals surface area contributed by atoms with Crippen LogP contribution in [0.2, 0.25) is 0 Å². The van der Waals surface area contributed by atoms with Gasteiger partial charge < -0.3 is 15.1 Å². The molecule has 0 aliphatic heterocycles. The molecule has 1 aromatic rings. The molecule has 23 heavy (non-hydrogen) atoms. The third kappa shape index (κ3) is 7.52. The summed E-state index contributed by atoms with van der Waals surface area (Å²) < 4.78 is 0. The topological polar surface area (TPSA) is 53.9 Å². The second-order valence-corrected chi connectivity index (χ2v) is 6.64. The van der Waals surface area contributed by atoms with Crippen LogP contribution in [0.1, 0.15) is 18.9 Å². The number of quaternary nitrogens is 1. The van der Waals surface area contributed by atoms with Crippen molar-refractivity contribution in [2.45, 2.75) is 24.8 Å². The average Bonchev–Trinajstić information content (AvgIpc) is 2.53. The van der Waals surface area contributed by atoms with E-state index < -0.39 is 0 Å². The molecule has 1 aromatic carbocycles. The van der Waals surface area contributed by atoms with Crippen molar-refractivity contribution in [3.05, 3.63) is 29.8 Å². The van der Waals surface area contributed by atoms with E-state index in [0.29, 0.717) is 26.2 Å². The molecular formula is C17H28N3O2S+. The summed E-state index contributed by atoms with van der Waals surface area (Å²) >= 11 is 1.70. The summed E-state index contributed by atoms with van der Waals surface area (Å²) in [5.74, 6) is 0.0344. The predicted octanol–water partition coefficient (Wildman–Crippen LogP) is 0.408. The fraction of sp³-hybridized carbons (Fsp3) is 0.529. The van der Waals surface area contributed by atoms with E-state index in [-0.39, 0.29) is 11.8 Å². The maximum Gasteiger partial charge on any atom is 0.277 e. The smallest absolute Gasteiger partial charge is 0.277 e. The Bertz CT molecular complexity index is 505. The van der Waals surface area contributed by atoms with Crippen LogP contribution in [0.25, 0.3) is 0 Å². The van der Waals surface area contributed by atoms with Crippen LogP contribution in [-0.2, 0) is 16.1 Å². The summed E-state index contributed by atoms with van der Waals surface area (Å²) in [6.45, 7) is 3.93. The monoisotopic (exact) mass is 338 g/mol. The molecular weight excluding hydrogens is 310 g/mol. The molecule has 1 rings (SSSR count). The summed E-state index contributed by atoms with van der Waals surface area (Å²) in [6, 6.07) is 8.22. The van der Waals surface area contributed by atoms with Gasteiger partial charge in [-0.2, -0.15) is 0 Å². The molecule has 0 aliphatic carbocycles. The summed E-state index contributed by atoms with van der Waals surface area (Å²) in [5.41, 5.74) is 1.11. The highest BCUT2D eigenvalue weighted by Gasteiger charge is 2.17. The van der Waals surface area contributed by atoms with Crippen molar-refractivity contribution in [2.24, 2.45) is 0 Å². The molecule has 0 saturated heterocycles. The molecule has 0 heterocycles. The molecule has 2 amide bonds. The van der Waals surface area contributed by atoms with Crippen molar-refractivity contribution in [3.63, 3.8) is 0 Å². The zero-order valence-corrected chi connectivity index (χ0v) is 15.3. The zero-order chi connectivity index (χ0) is 17.2. The molecule has 0 radical (unpaired) electrons. The minimum Gasteiger partial charge on any atom is -0.351 e. The molecule has 0 aliphatic rings. The highest BCUT2D eigenvalue weighted by atomic mass is 32.2. The van der Waals surface area contributed by atoms with Gasteiger partial charge in [-0.15, -0.1) is 11.8 Å². The number of rotatable bonds is 9. The first kappa shape index (κ1) is 19.5. The Morgan fingerprint density at radius 1 is 1.22 bits per heavy atom. The first-order chi connectivity index (χ1) is 11.0. The zero-order valence-electron chi connectivity index (χ0n) is 14.5. The summed E-state index contributed by atoms with van der Waals surface area (Å²) in [4.78, 5) is 27.7. The van der Waals surface area contributed by atoms with Crippen LogP contribution < -0.4 is 10.2 Å². The van der Waals surface area contributed by atoms with Crippen molar-refractivity contribution < 1.29 is 14.5 Å². The van der Waals surface area contributed by atoms with Gasteiger partial charge >= 0.3 is 0 Å². The van der Waals surface area contributed by atoms with Crippen molar-refractivity contribution in [2.75, 3.05) is 40.0 Å². The van der Waals surface area contributed by atoms with Gasteiger partial charge in [-0.3, -0.25) is 9.59 Å². The van der Waals surface area contributed by atoms with Crippen molar-refractivity contribution >= 4 is 23.6 Å². The van der Waals surface area contributed by atoms with E-state index in [4.69, 9.17) is 0 Å². The lowest BCUT2D eigenvalue weighted by molar-refractivity contribution is -0.863. The average molecular weight is 338 g/mol. The number of nitrogens with zero attached hydrogens (tertiary/aromatic N) is 1. The van der Waals surface area contributed by atoms with E-state index in [0.717, 1.165) is 16.9 Å². The summed E-state index contributed by atoms with van der Waals surface area (Å²) in [7, 11) is 3.67. The minimum absolute atomic E-state index is 0.00698. The Kier molecular flexibility index (Phi) is 8.73. The second kappa shape index (κ2) is 10.3. The van der Waals surface area contributed by atoms with Gasteiger partial charge in [-0.05, 0) is 30.4 Å². The summed E-state index contributed by atoms with van der Waals surface area (Å²) in [5, 5.41) is 2.83. The normalized spacial score (nSPS) is 11.8. The van der Waals surface area contributed by atoms with Crippen LogP contribution in [0.3, 0.4) is 0 Å². The fourth-order valence-electron chi connectivity index (χ4n) is 2.15. The third-order valence-electron chi connectivity index (χ3n) is 3.49. The number of hydrogen-bond acceptors (Lipinski definition) is 3. The Hall–Kier alpha value is -1.53. The number of amides is 2. The van der Waals surface area contributed by atoms with Crippen molar-refractivity contribution in [1.29, 1.82) is 0 Å². The van der Waals surface area contributed by atoms with Crippen LogP contribution >= 0.6 is 11.8 Å². The van der Waals surface area contributed by atoms with E-state index in [1.807, 2.05) is 32.4 Å². The highest BCUT2D eigenvalue weighted by molar-refractivity contribution is 7.98. The van der Waals surface area contributed by atoms with E-state index >= 15 is 0 Å². The largest absolute Gasteiger partial charge is 0.351 e. The standard InChI is InChI=1S/C17H27N3O2S/c1-5-10-18-16(21)12-19(2)13-17(22)20(3)11-14-6-8-15(23-4)9-7-14/h6-9H,5,10-13H2,1-4H3,(H,18,21)/p+1. The lowest BCUT2D eigenvalue weighted by Gasteiger charge is -2.20. The first-order valence-corrected chi connectivity index (χ1v) is 9.13. The van der Waals surface area contributed by atoms with Gasteiger partial charge in [0.05, 0.1) is 7.05 Å². The fourth-order valence-corrected chi connectivity index (χ4v) is 2.56. The van der Waals surface area contributed by atoms with Crippen LogP contribution in [0, 0.1) is 0 Å². The van der Waals surface area contributed by atoms with Crippen molar-refractivity contribution in [3.8, 4) is 0 Å². The molecule has 6 heteroatoms. The van der Waals surface area contributed by atoms with E-state index in [2.05, 4.69) is 17.4 Å². The van der Waals surface area contributed by atoms with Crippen molar-refractivity contribution in [1.82, 2.24) is 10.2 Å². The SMILES string of the molecule is CCCNC(=O)C[NH+](C)CC(=O)N(C)Cc1ccc(SC)cc1. The van der Waals surface area contributed by atoms with Crippen LogP contribution in [-0.4, -0.2) is 56.7 Å². The van der Waals surface area contributed by atoms with Gasteiger partial charge in [-0.1, -0.05) is 19.1 Å². The maximum atomic E-state index is 12.2. The number of likely N-dealkylation sites (N-methyl/N-ethyl adjacent to an activating group) is 2. The Labute approximate surface area is 143 Å². The number of benzene rings is 1. The first-order valence-electron chi connectivity index (χ1n) is 7.91. The van der Waals surface area contributed by atoms with Gasteiger partial charge in [0.25, 0.3) is 11.8 Å². The number of carbonyl (C=O) groups is 2. The second-order valence-electron chi connectivity index (χ2n) is 5.76. The third-order valence-corrected chi connectivity index (χ3v) is 4.24. The molecule has 128 valence electrons. The molecule has 0 aromatic heterocycles. The highest BCUT2D eigenvalue weighted by Crippen LogP contribution is 2.15. The summed E-state index contributed by atoms with van der Waals surface area (Å²) in [6.07, 6.45) is 2.96. The number of nitrogens with one attached hydrogen (secondary N) is 2. The van der Waals surface area contributed by atoms with Gasteiger partial charge in [0, 0.05) is 25.0 Å². The molecule has 5 nitrogen and oxygen atoms in total. The van der Waals surface area contributed by atoms with E-state index in [1.165, 1.54) is 4.90 Å². The Balaban J connectivity index is 2.41. The Morgan fingerprint density at radius 2 is 1.87 bits per heavy atom. The molecule has 0 fully saturated rings. The molecule has 0 bridgehead atoms. The molecule has 0 spiro atoms. The predicted molar refractivity (Wildman–Crippen MR) is 94.6 cm³/mol. The lowest BCUT2D eigenvalue weighted by Crippen LogP contribution is -3.11. The van der Waals surface area contributed by atoms with Gasteiger partial charge in [0.1, 0.15) is 0 Å². The lowest BCUT2D eigenvalue weighted by atomic mass is 10.2. The van der Waals surface area contributed by atoms with Crippen LogP contribution in [0.5, 0.6) is 0 Å². The molecule has 2 N–H and O–H groups in total. The van der Waals surface area contributed by atoms with Gasteiger partial charge in [0.15, 0.2) is 13.1 Å². The van der Waals surface area contributed by atoms with Gasteiger partial charge in [0.2, 0.25) is 0 Å². The Morgan fingerprint density at radius 3 is 2.43 bits per heavy atom. The molecule has 1 atom stereocenters. The van der Waals surface area contributed by atoms with Gasteiger partial charge in [-0.25, -0.2) is 0 Å². The van der Waals surface area contributed by atoms with Crippen LogP contribution in [0.15, 0.2) is 29.2 Å². The van der Waals surface area contributed by atoms with E-state index in [9.17, 15) is 9.59 Å². The minimum atomic E-state index is -0.00698. The molecule has 1 unspecified atom stereocenters. The van der Waals surface area contributed by atoms with E-state index in [1.54, 1.807) is 23.7 Å². The van der Waals surface area contributed by atoms with Crippen LogP contribution in [0.4, 0.5) is 0 Å². The number of hydrogen-bond donors (Lipinski definition) is 2. The number of carbonyl (C=O) groups excluding carboxylic acids is 2. The quantitative estimate of drug-likeness (QED) is 0.641. The number of thioether (sulfide) groups is 1. The molecule has 0 saturated carbocycles.